The van der Waals surface area contributed by atoms with Gasteiger partial charge in [0.1, 0.15) is 0 Å². The maximum absolute atomic E-state index is 13.6. The Morgan fingerprint density at radius 2 is 1.90 bits per heavy atom. The third-order valence-corrected chi connectivity index (χ3v) is 4.11. The molecule has 0 aliphatic rings. The third kappa shape index (κ3) is 5.17. The maximum atomic E-state index is 13.6. The fraction of sp³-hybridized carbons (Fsp3) is 0.176. The van der Waals surface area contributed by atoms with Gasteiger partial charge in [-0.3, -0.25) is 10.00 Å². The van der Waals surface area contributed by atoms with Gasteiger partial charge in [0.25, 0.3) is 0 Å². The van der Waals surface area contributed by atoms with Crippen LogP contribution in [-0.2, 0) is 12.7 Å². The standard InChI is InChI=1S/C17H12ClF5N6O2/c1-31-15-24-5-10(6-25-15)29(7-9-4-13(28-27-9)17(21,22)23)16(30)26-8-2-11(18)14(20)12(19)3-8/h2-6H,7H2,1H3,(H,26,30)(H,27,28). The van der Waals surface area contributed by atoms with Crippen LogP contribution in [-0.4, -0.2) is 33.3 Å². The van der Waals surface area contributed by atoms with Crippen LogP contribution in [0.1, 0.15) is 11.4 Å². The van der Waals surface area contributed by atoms with Crippen molar-refractivity contribution in [1.82, 2.24) is 20.2 Å². The van der Waals surface area contributed by atoms with E-state index in [0.717, 1.165) is 17.0 Å². The molecule has 0 fully saturated rings. The molecule has 0 radical (unpaired) electrons. The first kappa shape index (κ1) is 22.2. The van der Waals surface area contributed by atoms with Gasteiger partial charge in [-0.05, 0) is 12.1 Å². The molecule has 164 valence electrons. The van der Waals surface area contributed by atoms with Crippen LogP contribution in [0.5, 0.6) is 6.01 Å². The van der Waals surface area contributed by atoms with E-state index < -0.39 is 41.1 Å². The number of aromatic nitrogens is 4. The van der Waals surface area contributed by atoms with E-state index in [0.29, 0.717) is 6.07 Å². The summed E-state index contributed by atoms with van der Waals surface area (Å²) in [5.74, 6) is -2.59. The molecule has 3 aromatic rings. The van der Waals surface area contributed by atoms with E-state index in [1.165, 1.54) is 19.5 Å². The number of halogens is 6. The van der Waals surface area contributed by atoms with Crippen LogP contribution < -0.4 is 15.0 Å². The summed E-state index contributed by atoms with van der Waals surface area (Å²) in [6.07, 6.45) is -2.32. The molecule has 3 rings (SSSR count). The van der Waals surface area contributed by atoms with Gasteiger partial charge >= 0.3 is 18.2 Å². The summed E-state index contributed by atoms with van der Waals surface area (Å²) in [7, 11) is 1.32. The Balaban J connectivity index is 1.91. The van der Waals surface area contributed by atoms with Gasteiger partial charge in [-0.1, -0.05) is 11.6 Å². The summed E-state index contributed by atoms with van der Waals surface area (Å²) >= 11 is 5.57. The van der Waals surface area contributed by atoms with Crippen LogP contribution >= 0.6 is 11.6 Å². The minimum Gasteiger partial charge on any atom is -0.467 e. The van der Waals surface area contributed by atoms with Crippen LogP contribution in [0.25, 0.3) is 0 Å². The lowest BCUT2D eigenvalue weighted by Crippen LogP contribution is -2.35. The highest BCUT2D eigenvalue weighted by atomic mass is 35.5. The Bertz CT molecular complexity index is 1070. The molecule has 0 saturated carbocycles. The average Bonchev–Trinajstić information content (AvgIpc) is 3.19. The number of urea groups is 1. The molecule has 2 heterocycles. The lowest BCUT2D eigenvalue weighted by atomic mass is 10.3. The number of nitrogens with zero attached hydrogens (tertiary/aromatic N) is 4. The van der Waals surface area contributed by atoms with Crippen LogP contribution in [0, 0.1) is 11.6 Å². The first-order valence-electron chi connectivity index (χ1n) is 8.29. The van der Waals surface area contributed by atoms with Gasteiger partial charge in [0.05, 0.1) is 42.5 Å². The molecule has 14 heteroatoms. The number of hydrogen-bond acceptors (Lipinski definition) is 5. The van der Waals surface area contributed by atoms with E-state index in [1.807, 2.05) is 0 Å². The van der Waals surface area contributed by atoms with Gasteiger partial charge in [0, 0.05) is 11.8 Å². The largest absolute Gasteiger partial charge is 0.467 e. The van der Waals surface area contributed by atoms with Crippen molar-refractivity contribution in [2.24, 2.45) is 0 Å². The highest BCUT2D eigenvalue weighted by Gasteiger charge is 2.34. The van der Waals surface area contributed by atoms with Crippen LogP contribution in [0.2, 0.25) is 5.02 Å². The number of carbonyl (C=O) groups is 1. The minimum absolute atomic E-state index is 0.0163. The normalized spacial score (nSPS) is 11.3. The SMILES string of the molecule is COc1ncc(N(Cc2cc(C(F)(F)F)n[nH]2)C(=O)Nc2cc(F)c(F)c(Cl)c2)cn1. The number of rotatable bonds is 5. The molecule has 0 bridgehead atoms. The van der Waals surface area contributed by atoms with Crippen molar-refractivity contribution < 1.29 is 31.5 Å². The number of ether oxygens (including phenoxy) is 1. The lowest BCUT2D eigenvalue weighted by Gasteiger charge is -2.22. The van der Waals surface area contributed by atoms with Gasteiger partial charge in [-0.25, -0.2) is 23.5 Å². The molecule has 1 aromatic carbocycles. The number of aromatic amines is 1. The van der Waals surface area contributed by atoms with Crippen LogP contribution in [0.4, 0.5) is 38.1 Å². The lowest BCUT2D eigenvalue weighted by molar-refractivity contribution is -0.141. The molecular weight excluding hydrogens is 451 g/mol. The van der Waals surface area contributed by atoms with Crippen molar-refractivity contribution in [1.29, 1.82) is 0 Å². The molecule has 0 unspecified atom stereocenters. The quantitative estimate of drug-likeness (QED) is 0.433. The summed E-state index contributed by atoms with van der Waals surface area (Å²) in [5, 5.41) is 7.08. The van der Waals surface area contributed by atoms with Crippen LogP contribution in [0.3, 0.4) is 0 Å². The van der Waals surface area contributed by atoms with Crippen molar-refractivity contribution in [2.45, 2.75) is 12.7 Å². The minimum atomic E-state index is -4.69. The van der Waals surface area contributed by atoms with Gasteiger partial charge in [0.15, 0.2) is 17.3 Å². The fourth-order valence-electron chi connectivity index (χ4n) is 2.41. The summed E-state index contributed by atoms with van der Waals surface area (Å²) in [6, 6.07) is 1.45. The van der Waals surface area contributed by atoms with E-state index in [-0.39, 0.29) is 23.1 Å². The molecule has 8 nitrogen and oxygen atoms in total. The molecule has 0 aliphatic carbocycles. The zero-order chi connectivity index (χ0) is 22.8. The summed E-state index contributed by atoms with van der Waals surface area (Å²) < 4.78 is 70.2. The van der Waals surface area contributed by atoms with E-state index in [1.54, 1.807) is 0 Å². The van der Waals surface area contributed by atoms with Gasteiger partial charge < -0.3 is 10.1 Å². The molecule has 31 heavy (non-hydrogen) atoms. The molecule has 2 aromatic heterocycles. The highest BCUT2D eigenvalue weighted by molar-refractivity contribution is 6.31. The molecule has 2 N–H and O–H groups in total. The molecule has 0 atom stereocenters. The number of H-pyrrole nitrogens is 1. The monoisotopic (exact) mass is 462 g/mol. The predicted molar refractivity (Wildman–Crippen MR) is 98.7 cm³/mol. The smallest absolute Gasteiger partial charge is 0.435 e. The number of amides is 2. The van der Waals surface area contributed by atoms with Gasteiger partial charge in [-0.2, -0.15) is 18.3 Å². The first-order valence-corrected chi connectivity index (χ1v) is 8.67. The Morgan fingerprint density at radius 3 is 2.45 bits per heavy atom. The second-order valence-corrected chi connectivity index (χ2v) is 6.38. The van der Waals surface area contributed by atoms with Crippen molar-refractivity contribution in [2.75, 3.05) is 17.3 Å². The van der Waals surface area contributed by atoms with Crippen LogP contribution in [0.15, 0.2) is 30.6 Å². The Kier molecular flexibility index (Phi) is 6.24. The molecule has 0 saturated heterocycles. The Labute approximate surface area is 176 Å². The van der Waals surface area contributed by atoms with Crippen molar-refractivity contribution in [3.63, 3.8) is 0 Å². The summed E-state index contributed by atoms with van der Waals surface area (Å²) in [6.45, 7) is -0.415. The second kappa shape index (κ2) is 8.71. The number of methoxy groups -OCH3 is 1. The summed E-state index contributed by atoms with van der Waals surface area (Å²) in [4.78, 5) is 21.4. The number of anilines is 2. The molecule has 0 spiro atoms. The van der Waals surface area contributed by atoms with Crippen molar-refractivity contribution in [3.8, 4) is 6.01 Å². The van der Waals surface area contributed by atoms with Crippen molar-refractivity contribution >= 4 is 29.0 Å². The number of nitrogens with one attached hydrogen (secondary N) is 2. The van der Waals surface area contributed by atoms with E-state index >= 15 is 0 Å². The van der Waals surface area contributed by atoms with E-state index in [4.69, 9.17) is 16.3 Å². The highest BCUT2D eigenvalue weighted by Crippen LogP contribution is 2.29. The number of hydrogen-bond donors (Lipinski definition) is 2. The predicted octanol–water partition coefficient (Wildman–Crippen LogP) is 4.40. The zero-order valence-electron chi connectivity index (χ0n) is 15.5. The van der Waals surface area contributed by atoms with Gasteiger partial charge in [0.2, 0.25) is 0 Å². The zero-order valence-corrected chi connectivity index (χ0v) is 16.2. The van der Waals surface area contributed by atoms with Gasteiger partial charge in [-0.15, -0.1) is 0 Å². The van der Waals surface area contributed by atoms with E-state index in [2.05, 4.69) is 25.5 Å². The first-order chi connectivity index (χ1) is 14.6. The fourth-order valence-corrected chi connectivity index (χ4v) is 2.62. The number of alkyl halides is 3. The summed E-state index contributed by atoms with van der Waals surface area (Å²) in [5.41, 5.74) is -1.37. The van der Waals surface area contributed by atoms with Crippen molar-refractivity contribution in [3.05, 3.63) is 58.6 Å². The number of benzene rings is 1. The average molecular weight is 463 g/mol. The molecular formula is C17H12ClF5N6O2. The third-order valence-electron chi connectivity index (χ3n) is 3.84. The molecule has 2 amide bonds. The Hall–Kier alpha value is -3.48. The Morgan fingerprint density at radius 1 is 1.23 bits per heavy atom. The van der Waals surface area contributed by atoms with E-state index in [9.17, 15) is 26.7 Å². The number of carbonyl (C=O) groups excluding carboxylic acids is 1. The second-order valence-electron chi connectivity index (χ2n) is 5.97. The topological polar surface area (TPSA) is 96.0 Å². The molecule has 0 aliphatic heterocycles. The maximum Gasteiger partial charge on any atom is 0.435 e.